The third-order valence-corrected chi connectivity index (χ3v) is 5.84. The van der Waals surface area contributed by atoms with Crippen LogP contribution in [0, 0.1) is 5.92 Å². The number of sulfonamides is 1. The van der Waals surface area contributed by atoms with E-state index in [1.54, 1.807) is 6.92 Å². The summed E-state index contributed by atoms with van der Waals surface area (Å²) in [5.74, 6) is -1.42. The molecule has 0 aliphatic carbocycles. The molecule has 1 fully saturated rings. The number of benzene rings is 1. The van der Waals surface area contributed by atoms with Gasteiger partial charge in [-0.05, 0) is 31.9 Å². The van der Waals surface area contributed by atoms with Crippen LogP contribution in [-0.2, 0) is 14.8 Å². The molecule has 0 aromatic heterocycles. The third kappa shape index (κ3) is 5.33. The molecule has 6 nitrogen and oxygen atoms in total. The average Bonchev–Trinajstić information content (AvgIpc) is 2.55. The van der Waals surface area contributed by atoms with Crippen LogP contribution in [0.2, 0.25) is 0 Å². The Bertz CT molecular complexity index is 714. The summed E-state index contributed by atoms with van der Waals surface area (Å²) in [4.78, 5) is 12.3. The second-order valence-corrected chi connectivity index (χ2v) is 7.86. The lowest BCUT2D eigenvalue weighted by Gasteiger charge is -2.30. The largest absolute Gasteiger partial charge is 0.573 e. The van der Waals surface area contributed by atoms with Gasteiger partial charge in [-0.25, -0.2) is 12.7 Å². The molecule has 0 spiro atoms. The minimum atomic E-state index is -4.86. The van der Waals surface area contributed by atoms with E-state index in [1.165, 1.54) is 22.5 Å². The van der Waals surface area contributed by atoms with Gasteiger partial charge in [0.2, 0.25) is 15.9 Å². The highest BCUT2D eigenvalue weighted by atomic mass is 32.2. The molecule has 0 saturated carbocycles. The van der Waals surface area contributed by atoms with Gasteiger partial charge >= 0.3 is 6.36 Å². The Kier molecular flexibility index (Phi) is 5.94. The molecule has 10 heteroatoms. The summed E-state index contributed by atoms with van der Waals surface area (Å²) in [7, 11) is -3.30. The van der Waals surface area contributed by atoms with Gasteiger partial charge in [-0.3, -0.25) is 4.79 Å². The van der Waals surface area contributed by atoms with E-state index in [4.69, 9.17) is 0 Å². The zero-order valence-corrected chi connectivity index (χ0v) is 14.4. The molecule has 1 aliphatic rings. The SMILES string of the molecule is CCS(=O)(=O)N1CCC(C(=O)Nc2ccccc2OC(F)(F)F)CC1. The van der Waals surface area contributed by atoms with Crippen molar-refractivity contribution in [1.29, 1.82) is 0 Å². The first-order valence-corrected chi connectivity index (χ1v) is 9.37. The number of nitrogens with zero attached hydrogens (tertiary/aromatic N) is 1. The van der Waals surface area contributed by atoms with E-state index in [9.17, 15) is 26.4 Å². The van der Waals surface area contributed by atoms with Crippen LogP contribution in [-0.4, -0.2) is 43.8 Å². The molecular formula is C15H19F3N2O4S. The average molecular weight is 380 g/mol. The molecule has 1 aromatic carbocycles. The first kappa shape index (κ1) is 19.5. The standard InChI is InChI=1S/C15H19F3N2O4S/c1-2-25(22,23)20-9-7-11(8-10-20)14(21)19-12-5-3-4-6-13(12)24-15(16,17)18/h3-6,11H,2,7-10H2,1H3,(H,19,21). The molecule has 0 atom stereocenters. The van der Waals surface area contributed by atoms with Crippen LogP contribution in [0.25, 0.3) is 0 Å². The van der Waals surface area contributed by atoms with Crippen LogP contribution >= 0.6 is 0 Å². The molecule has 1 aliphatic heterocycles. The molecule has 1 aromatic rings. The summed E-state index contributed by atoms with van der Waals surface area (Å²) < 4.78 is 66.0. The number of halogens is 3. The van der Waals surface area contributed by atoms with Gasteiger partial charge in [0.05, 0.1) is 11.4 Å². The predicted molar refractivity (Wildman–Crippen MR) is 85.5 cm³/mol. The van der Waals surface area contributed by atoms with E-state index in [-0.39, 0.29) is 24.5 Å². The van der Waals surface area contributed by atoms with Gasteiger partial charge in [-0.15, -0.1) is 13.2 Å². The summed E-state index contributed by atoms with van der Waals surface area (Å²) in [5.41, 5.74) is -0.0755. The molecule has 1 saturated heterocycles. The van der Waals surface area contributed by atoms with Crippen LogP contribution in [0.15, 0.2) is 24.3 Å². The molecule has 0 bridgehead atoms. The molecule has 2 rings (SSSR count). The maximum atomic E-state index is 12.4. The van der Waals surface area contributed by atoms with Crippen molar-refractivity contribution in [2.24, 2.45) is 5.92 Å². The number of para-hydroxylation sites is 2. The number of hydrogen-bond acceptors (Lipinski definition) is 4. The van der Waals surface area contributed by atoms with Crippen molar-refractivity contribution in [2.45, 2.75) is 26.1 Å². The van der Waals surface area contributed by atoms with Gasteiger partial charge in [0.1, 0.15) is 0 Å². The molecule has 0 radical (unpaired) electrons. The highest BCUT2D eigenvalue weighted by molar-refractivity contribution is 7.89. The van der Waals surface area contributed by atoms with E-state index in [1.807, 2.05) is 0 Å². The highest BCUT2D eigenvalue weighted by Crippen LogP contribution is 2.31. The summed E-state index contributed by atoms with van der Waals surface area (Å²) in [6, 6.07) is 5.27. The number of hydrogen-bond donors (Lipinski definition) is 1. The van der Waals surface area contributed by atoms with Gasteiger partial charge < -0.3 is 10.1 Å². The molecule has 1 heterocycles. The number of anilines is 1. The van der Waals surface area contributed by atoms with E-state index in [0.717, 1.165) is 6.07 Å². The fourth-order valence-corrected chi connectivity index (χ4v) is 3.73. The van der Waals surface area contributed by atoms with Gasteiger partial charge in [0.15, 0.2) is 5.75 Å². The number of piperidine rings is 1. The Balaban J connectivity index is 2.00. The normalized spacial score (nSPS) is 17.3. The van der Waals surface area contributed by atoms with Crippen molar-refractivity contribution in [3.63, 3.8) is 0 Å². The lowest BCUT2D eigenvalue weighted by Crippen LogP contribution is -2.42. The molecule has 1 amide bonds. The van der Waals surface area contributed by atoms with Crippen molar-refractivity contribution in [1.82, 2.24) is 4.31 Å². The summed E-state index contributed by atoms with van der Waals surface area (Å²) in [6.45, 7) is 1.98. The zero-order chi connectivity index (χ0) is 18.7. The summed E-state index contributed by atoms with van der Waals surface area (Å²) in [6.07, 6.45) is -4.23. The molecule has 1 N–H and O–H groups in total. The smallest absolute Gasteiger partial charge is 0.404 e. The quantitative estimate of drug-likeness (QED) is 0.852. The number of alkyl halides is 3. The number of carbonyl (C=O) groups excluding carboxylic acids is 1. The Hall–Kier alpha value is -1.81. The van der Waals surface area contributed by atoms with E-state index < -0.39 is 34.0 Å². The topological polar surface area (TPSA) is 75.7 Å². The van der Waals surface area contributed by atoms with Crippen molar-refractivity contribution in [2.75, 3.05) is 24.2 Å². The second-order valence-electron chi connectivity index (χ2n) is 5.61. The Morgan fingerprint density at radius 1 is 1.28 bits per heavy atom. The lowest BCUT2D eigenvalue weighted by atomic mass is 9.97. The van der Waals surface area contributed by atoms with Crippen LogP contribution in [0.3, 0.4) is 0 Å². The lowest BCUT2D eigenvalue weighted by molar-refractivity contribution is -0.274. The van der Waals surface area contributed by atoms with Gasteiger partial charge in [-0.2, -0.15) is 0 Å². The van der Waals surface area contributed by atoms with Crippen molar-refractivity contribution < 1.29 is 31.1 Å². The number of nitrogens with one attached hydrogen (secondary N) is 1. The highest BCUT2D eigenvalue weighted by Gasteiger charge is 2.33. The van der Waals surface area contributed by atoms with Gasteiger partial charge in [0, 0.05) is 19.0 Å². The molecule has 0 unspecified atom stereocenters. The number of amides is 1. The Labute approximate surface area is 144 Å². The first-order chi connectivity index (χ1) is 11.6. The van der Waals surface area contributed by atoms with E-state index in [0.29, 0.717) is 12.8 Å². The number of ether oxygens (including phenoxy) is 1. The van der Waals surface area contributed by atoms with Crippen LogP contribution in [0.5, 0.6) is 5.75 Å². The third-order valence-electron chi connectivity index (χ3n) is 3.95. The predicted octanol–water partition coefficient (Wildman–Crippen LogP) is 2.59. The van der Waals surface area contributed by atoms with Crippen molar-refractivity contribution in [3.8, 4) is 5.75 Å². The Morgan fingerprint density at radius 2 is 1.88 bits per heavy atom. The van der Waals surface area contributed by atoms with Crippen LogP contribution < -0.4 is 10.1 Å². The number of carbonyl (C=O) groups is 1. The van der Waals surface area contributed by atoms with E-state index >= 15 is 0 Å². The molecular weight excluding hydrogens is 361 g/mol. The van der Waals surface area contributed by atoms with Crippen LogP contribution in [0.1, 0.15) is 19.8 Å². The minimum absolute atomic E-state index is 0.00792. The maximum Gasteiger partial charge on any atom is 0.573 e. The number of rotatable bonds is 5. The Morgan fingerprint density at radius 3 is 2.44 bits per heavy atom. The molecule has 25 heavy (non-hydrogen) atoms. The first-order valence-electron chi connectivity index (χ1n) is 7.76. The zero-order valence-electron chi connectivity index (χ0n) is 13.5. The summed E-state index contributed by atoms with van der Waals surface area (Å²) >= 11 is 0. The van der Waals surface area contributed by atoms with Crippen molar-refractivity contribution in [3.05, 3.63) is 24.3 Å². The van der Waals surface area contributed by atoms with Crippen molar-refractivity contribution >= 4 is 21.6 Å². The van der Waals surface area contributed by atoms with Crippen LogP contribution in [0.4, 0.5) is 18.9 Å². The fraction of sp³-hybridized carbons (Fsp3) is 0.533. The monoisotopic (exact) mass is 380 g/mol. The van der Waals surface area contributed by atoms with E-state index in [2.05, 4.69) is 10.1 Å². The van der Waals surface area contributed by atoms with Gasteiger partial charge in [-0.1, -0.05) is 12.1 Å². The van der Waals surface area contributed by atoms with Gasteiger partial charge in [0.25, 0.3) is 0 Å². The fourth-order valence-electron chi connectivity index (χ4n) is 2.60. The summed E-state index contributed by atoms with van der Waals surface area (Å²) in [5, 5.41) is 2.44. The maximum absolute atomic E-state index is 12.4. The molecule has 140 valence electrons. The second kappa shape index (κ2) is 7.61. The minimum Gasteiger partial charge on any atom is -0.404 e.